The number of carbonyl (C=O) groups excluding carboxylic acids is 1. The smallest absolute Gasteiger partial charge is 0.269 e. The maximum Gasteiger partial charge on any atom is 0.269 e. The number of hydrogen-bond acceptors (Lipinski definition) is 2. The van der Waals surface area contributed by atoms with Gasteiger partial charge in [-0.2, -0.15) is 0 Å². The third-order valence-electron chi connectivity index (χ3n) is 2.91. The minimum Gasteiger partial charge on any atom is -0.331 e. The first-order valence-corrected chi connectivity index (χ1v) is 7.99. The molecule has 2 aromatic carbocycles. The molecule has 0 unspecified atom stereocenters. The summed E-state index contributed by atoms with van der Waals surface area (Å²) in [7, 11) is 0. The van der Waals surface area contributed by atoms with E-state index in [1.807, 2.05) is 6.92 Å². The topological polar surface area (TPSA) is 53.2 Å². The lowest BCUT2D eigenvalue weighted by atomic mass is 10.2. The van der Waals surface area contributed by atoms with E-state index in [9.17, 15) is 4.79 Å². The lowest BCUT2D eigenvalue weighted by molar-refractivity contribution is 0.0944. The summed E-state index contributed by atoms with van der Waals surface area (Å²) in [4.78, 5) is 12.0. The van der Waals surface area contributed by atoms with Crippen LogP contribution in [-0.2, 0) is 0 Å². The van der Waals surface area contributed by atoms with E-state index in [1.54, 1.807) is 30.3 Å². The number of anilines is 1. The van der Waals surface area contributed by atoms with E-state index in [2.05, 4.69) is 16.2 Å². The number of carbonyl (C=O) groups is 1. The van der Waals surface area contributed by atoms with Crippen LogP contribution >= 0.6 is 47.0 Å². The molecular formula is C15H12Cl3N3OS. The van der Waals surface area contributed by atoms with Crippen LogP contribution in [0.2, 0.25) is 15.1 Å². The van der Waals surface area contributed by atoms with Crippen molar-refractivity contribution in [3.05, 3.63) is 62.6 Å². The van der Waals surface area contributed by atoms with Crippen molar-refractivity contribution in [1.82, 2.24) is 10.9 Å². The Balaban J connectivity index is 1.93. The number of aryl methyl sites for hydroxylation is 1. The molecular weight excluding hydrogens is 377 g/mol. The molecule has 4 nitrogen and oxygen atoms in total. The number of hydrogen-bond donors (Lipinski definition) is 3. The number of hydrazine groups is 1. The van der Waals surface area contributed by atoms with Gasteiger partial charge >= 0.3 is 0 Å². The largest absolute Gasteiger partial charge is 0.331 e. The van der Waals surface area contributed by atoms with Crippen molar-refractivity contribution in [2.24, 2.45) is 0 Å². The summed E-state index contributed by atoms with van der Waals surface area (Å²) in [6.45, 7) is 1.89. The zero-order valence-electron chi connectivity index (χ0n) is 11.9. The fourth-order valence-corrected chi connectivity index (χ4v) is 2.43. The molecule has 23 heavy (non-hydrogen) atoms. The van der Waals surface area contributed by atoms with E-state index in [0.717, 1.165) is 11.3 Å². The maximum absolute atomic E-state index is 12.0. The lowest BCUT2D eigenvalue weighted by Gasteiger charge is -2.13. The predicted molar refractivity (Wildman–Crippen MR) is 99.5 cm³/mol. The Kier molecular flexibility index (Phi) is 6.07. The molecule has 0 radical (unpaired) electrons. The quantitative estimate of drug-likeness (QED) is 0.520. The molecule has 0 heterocycles. The van der Waals surface area contributed by atoms with Gasteiger partial charge in [0.2, 0.25) is 0 Å². The number of nitrogens with one attached hydrogen (secondary N) is 3. The number of rotatable bonds is 2. The van der Waals surface area contributed by atoms with E-state index >= 15 is 0 Å². The van der Waals surface area contributed by atoms with Crippen molar-refractivity contribution in [3.63, 3.8) is 0 Å². The highest BCUT2D eigenvalue weighted by Gasteiger charge is 2.08. The van der Waals surface area contributed by atoms with Crippen LogP contribution < -0.4 is 16.2 Å². The summed E-state index contributed by atoms with van der Waals surface area (Å²) in [6, 6.07) is 9.93. The monoisotopic (exact) mass is 387 g/mol. The van der Waals surface area contributed by atoms with Gasteiger partial charge in [-0.25, -0.2) is 0 Å². The molecule has 3 N–H and O–H groups in total. The molecule has 0 saturated carbocycles. The molecule has 0 aliphatic heterocycles. The second kappa shape index (κ2) is 7.84. The van der Waals surface area contributed by atoms with Gasteiger partial charge in [0, 0.05) is 16.3 Å². The third kappa shape index (κ3) is 4.97. The fourth-order valence-electron chi connectivity index (χ4n) is 1.74. The maximum atomic E-state index is 12.0. The highest BCUT2D eigenvalue weighted by molar-refractivity contribution is 7.80. The van der Waals surface area contributed by atoms with Crippen molar-refractivity contribution in [2.75, 3.05) is 5.32 Å². The molecule has 0 atom stereocenters. The predicted octanol–water partition coefficient (Wildman–Crippen LogP) is 4.59. The van der Waals surface area contributed by atoms with E-state index in [1.165, 1.54) is 6.07 Å². The van der Waals surface area contributed by atoms with Gasteiger partial charge in [-0.1, -0.05) is 34.8 Å². The molecule has 0 bridgehead atoms. The van der Waals surface area contributed by atoms with Crippen LogP contribution in [0.4, 0.5) is 5.69 Å². The summed E-state index contributed by atoms with van der Waals surface area (Å²) in [5.41, 5.74) is 7.17. The average Bonchev–Trinajstić information content (AvgIpc) is 2.50. The van der Waals surface area contributed by atoms with Crippen molar-refractivity contribution >= 4 is 63.7 Å². The summed E-state index contributed by atoms with van der Waals surface area (Å²) in [6.07, 6.45) is 0. The first-order chi connectivity index (χ1) is 10.9. The second-order valence-corrected chi connectivity index (χ2v) is 6.28. The van der Waals surface area contributed by atoms with E-state index in [4.69, 9.17) is 47.0 Å². The van der Waals surface area contributed by atoms with Gasteiger partial charge in [-0.05, 0) is 61.1 Å². The molecule has 2 rings (SSSR count). The highest BCUT2D eigenvalue weighted by Crippen LogP contribution is 2.22. The standard InChI is InChI=1S/C15H12Cl3N3OS/c1-8-6-10(16)3-5-13(8)19-15(23)21-20-14(22)9-2-4-11(17)12(18)7-9/h2-7H,1H3,(H,20,22)(H2,19,21,23). The van der Waals surface area contributed by atoms with Gasteiger partial charge in [0.25, 0.3) is 5.91 Å². The Bertz CT molecular complexity index is 768. The van der Waals surface area contributed by atoms with E-state index in [0.29, 0.717) is 20.6 Å². The summed E-state index contributed by atoms with van der Waals surface area (Å²) < 4.78 is 0. The van der Waals surface area contributed by atoms with Crippen LogP contribution in [0, 0.1) is 6.92 Å². The van der Waals surface area contributed by atoms with E-state index in [-0.39, 0.29) is 11.0 Å². The Hall–Kier alpha value is -1.53. The molecule has 120 valence electrons. The molecule has 2 aromatic rings. The average molecular weight is 389 g/mol. The Morgan fingerprint density at radius 2 is 1.74 bits per heavy atom. The Labute approximate surface area is 154 Å². The Morgan fingerprint density at radius 3 is 2.39 bits per heavy atom. The van der Waals surface area contributed by atoms with E-state index < -0.39 is 0 Å². The van der Waals surface area contributed by atoms with Crippen LogP contribution in [-0.4, -0.2) is 11.0 Å². The van der Waals surface area contributed by atoms with Gasteiger partial charge in [-0.3, -0.25) is 15.6 Å². The minimum absolute atomic E-state index is 0.240. The van der Waals surface area contributed by atoms with Gasteiger partial charge < -0.3 is 5.32 Å². The highest BCUT2D eigenvalue weighted by atomic mass is 35.5. The second-order valence-electron chi connectivity index (χ2n) is 4.62. The molecule has 0 spiro atoms. The number of benzene rings is 2. The molecule has 1 amide bonds. The molecule has 0 aromatic heterocycles. The number of amides is 1. The molecule has 0 aliphatic carbocycles. The summed E-state index contributed by atoms with van der Waals surface area (Å²) in [5.74, 6) is -0.388. The third-order valence-corrected chi connectivity index (χ3v) is 4.09. The normalized spacial score (nSPS) is 10.1. The minimum atomic E-state index is -0.388. The molecule has 0 fully saturated rings. The van der Waals surface area contributed by atoms with Crippen LogP contribution in [0.25, 0.3) is 0 Å². The number of thiocarbonyl (C=S) groups is 1. The van der Waals surface area contributed by atoms with Gasteiger partial charge in [0.1, 0.15) is 0 Å². The van der Waals surface area contributed by atoms with Crippen LogP contribution in [0.1, 0.15) is 15.9 Å². The lowest BCUT2D eigenvalue weighted by Crippen LogP contribution is -2.43. The zero-order valence-corrected chi connectivity index (χ0v) is 15.0. The van der Waals surface area contributed by atoms with Crippen molar-refractivity contribution in [3.8, 4) is 0 Å². The van der Waals surface area contributed by atoms with Crippen molar-refractivity contribution < 1.29 is 4.79 Å². The zero-order chi connectivity index (χ0) is 17.0. The van der Waals surface area contributed by atoms with Gasteiger partial charge in [0.05, 0.1) is 10.0 Å². The first-order valence-electron chi connectivity index (χ1n) is 6.45. The SMILES string of the molecule is Cc1cc(Cl)ccc1NC(=S)NNC(=O)c1ccc(Cl)c(Cl)c1. The van der Waals surface area contributed by atoms with Crippen molar-refractivity contribution in [2.45, 2.75) is 6.92 Å². The molecule has 0 aliphatic rings. The van der Waals surface area contributed by atoms with Crippen LogP contribution in [0.3, 0.4) is 0 Å². The van der Waals surface area contributed by atoms with Gasteiger partial charge in [-0.15, -0.1) is 0 Å². The summed E-state index contributed by atoms with van der Waals surface area (Å²) >= 11 is 22.7. The fraction of sp³-hybridized carbons (Fsp3) is 0.0667. The van der Waals surface area contributed by atoms with Crippen LogP contribution in [0.15, 0.2) is 36.4 Å². The molecule has 0 saturated heterocycles. The van der Waals surface area contributed by atoms with Crippen LogP contribution in [0.5, 0.6) is 0 Å². The summed E-state index contributed by atoms with van der Waals surface area (Å²) in [5, 5.41) is 4.53. The molecule has 8 heteroatoms. The Morgan fingerprint density at radius 1 is 1.00 bits per heavy atom. The van der Waals surface area contributed by atoms with Crippen molar-refractivity contribution in [1.29, 1.82) is 0 Å². The van der Waals surface area contributed by atoms with Gasteiger partial charge in [0.15, 0.2) is 5.11 Å². The number of halogens is 3. The first kappa shape index (κ1) is 17.8.